The molecule has 9 heteroatoms. The number of oxazole rings is 1. The SMILES string of the molecule is c1cnc(Oc2ccc(-c3nccs3)c3oc(N4CC5CC(C4)N5)nc23)nc1. The molecule has 3 saturated heterocycles. The van der Waals surface area contributed by atoms with Gasteiger partial charge in [0.05, 0.1) is 5.56 Å². The molecule has 3 aliphatic heterocycles. The fourth-order valence-electron chi connectivity index (χ4n) is 3.82. The number of piperidine rings is 1. The van der Waals surface area contributed by atoms with E-state index in [9.17, 15) is 0 Å². The van der Waals surface area contributed by atoms with Crippen molar-refractivity contribution >= 4 is 28.5 Å². The summed E-state index contributed by atoms with van der Waals surface area (Å²) in [5.41, 5.74) is 2.23. The maximum Gasteiger partial charge on any atom is 0.321 e. The van der Waals surface area contributed by atoms with Gasteiger partial charge in [-0.05, 0) is 24.6 Å². The molecule has 6 heterocycles. The van der Waals surface area contributed by atoms with Crippen molar-refractivity contribution in [1.29, 1.82) is 0 Å². The molecule has 3 aromatic heterocycles. The lowest BCUT2D eigenvalue weighted by Crippen LogP contribution is -2.67. The first kappa shape index (κ1) is 16.0. The van der Waals surface area contributed by atoms with E-state index in [-0.39, 0.29) is 6.01 Å². The first-order chi connectivity index (χ1) is 13.8. The first-order valence-corrected chi connectivity index (χ1v) is 10.0. The van der Waals surface area contributed by atoms with E-state index in [4.69, 9.17) is 14.1 Å². The molecule has 4 aromatic rings. The highest BCUT2D eigenvalue weighted by Crippen LogP contribution is 2.39. The summed E-state index contributed by atoms with van der Waals surface area (Å²) < 4.78 is 12.1. The number of nitrogens with zero attached hydrogens (tertiary/aromatic N) is 5. The maximum absolute atomic E-state index is 6.24. The minimum Gasteiger partial charge on any atom is -0.422 e. The van der Waals surface area contributed by atoms with Crippen LogP contribution in [0.5, 0.6) is 11.8 Å². The van der Waals surface area contributed by atoms with Gasteiger partial charge < -0.3 is 19.4 Å². The fraction of sp³-hybridized carbons (Fsp3) is 0.263. The van der Waals surface area contributed by atoms with Crippen LogP contribution in [0.3, 0.4) is 0 Å². The third kappa shape index (κ3) is 2.62. The summed E-state index contributed by atoms with van der Waals surface area (Å²) in [5.74, 6) is 0.566. The third-order valence-corrected chi connectivity index (χ3v) is 5.90. The Kier molecular flexibility index (Phi) is 3.56. The molecule has 0 spiro atoms. The van der Waals surface area contributed by atoms with Gasteiger partial charge in [0.2, 0.25) is 0 Å². The van der Waals surface area contributed by atoms with Crippen LogP contribution < -0.4 is 15.0 Å². The van der Waals surface area contributed by atoms with Gasteiger partial charge in [0, 0.05) is 49.1 Å². The van der Waals surface area contributed by atoms with Gasteiger partial charge in [-0.25, -0.2) is 15.0 Å². The highest BCUT2D eigenvalue weighted by Gasteiger charge is 2.38. The van der Waals surface area contributed by atoms with Crippen LogP contribution in [0, 0.1) is 0 Å². The molecule has 2 atom stereocenters. The molecule has 140 valence electrons. The molecule has 0 amide bonds. The van der Waals surface area contributed by atoms with Crippen molar-refractivity contribution in [3.63, 3.8) is 0 Å². The van der Waals surface area contributed by atoms with E-state index in [2.05, 4.69) is 25.2 Å². The van der Waals surface area contributed by atoms with Gasteiger partial charge >= 0.3 is 6.01 Å². The van der Waals surface area contributed by atoms with Gasteiger partial charge in [0.15, 0.2) is 16.8 Å². The fourth-order valence-corrected chi connectivity index (χ4v) is 4.48. The molecule has 1 N–H and O–H groups in total. The van der Waals surface area contributed by atoms with Crippen molar-refractivity contribution in [3.05, 3.63) is 42.2 Å². The van der Waals surface area contributed by atoms with Crippen LogP contribution >= 0.6 is 11.3 Å². The number of hydrogen-bond acceptors (Lipinski definition) is 9. The number of ether oxygens (including phenoxy) is 1. The van der Waals surface area contributed by atoms with Crippen LogP contribution in [-0.2, 0) is 0 Å². The molecule has 0 aliphatic carbocycles. The lowest BCUT2D eigenvalue weighted by Gasteiger charge is -2.47. The number of anilines is 1. The Hall–Kier alpha value is -3.04. The van der Waals surface area contributed by atoms with Gasteiger partial charge in [0.1, 0.15) is 5.01 Å². The second-order valence-electron chi connectivity index (χ2n) is 6.96. The third-order valence-electron chi connectivity index (χ3n) is 5.09. The Balaban J connectivity index is 1.46. The first-order valence-electron chi connectivity index (χ1n) is 9.13. The Labute approximate surface area is 164 Å². The zero-order valence-electron chi connectivity index (χ0n) is 14.8. The predicted molar refractivity (Wildman–Crippen MR) is 105 cm³/mol. The Morgan fingerprint density at radius 1 is 1.11 bits per heavy atom. The van der Waals surface area contributed by atoms with Crippen molar-refractivity contribution in [2.24, 2.45) is 0 Å². The molecule has 3 aliphatic rings. The zero-order valence-corrected chi connectivity index (χ0v) is 15.6. The summed E-state index contributed by atoms with van der Waals surface area (Å²) in [5, 5.41) is 6.37. The number of piperazine rings is 1. The smallest absolute Gasteiger partial charge is 0.321 e. The largest absolute Gasteiger partial charge is 0.422 e. The molecule has 0 saturated carbocycles. The summed E-state index contributed by atoms with van der Waals surface area (Å²) in [6, 6.07) is 7.49. The van der Waals surface area contributed by atoms with Crippen molar-refractivity contribution in [2.45, 2.75) is 18.5 Å². The summed E-state index contributed by atoms with van der Waals surface area (Å²) in [4.78, 5) is 19.7. The second kappa shape index (κ2) is 6.25. The van der Waals surface area contributed by atoms with Crippen LogP contribution in [0.15, 0.2) is 46.6 Å². The lowest BCUT2D eigenvalue weighted by atomic mass is 9.92. The minimum absolute atomic E-state index is 0.277. The standard InChI is InChI=1S/C19H16N6O2S/c1-4-21-18(22-5-1)26-14-3-2-13(17-20-6-7-28-17)16-15(14)24-19(27-16)25-9-11-8-12(10-25)23-11/h1-7,11-12,23H,8-10H2. The van der Waals surface area contributed by atoms with Crippen LogP contribution in [0.2, 0.25) is 0 Å². The number of thiazole rings is 1. The summed E-state index contributed by atoms with van der Waals surface area (Å²) in [6.07, 6.45) is 6.30. The van der Waals surface area contributed by atoms with E-state index < -0.39 is 0 Å². The molecule has 2 bridgehead atoms. The Morgan fingerprint density at radius 3 is 2.68 bits per heavy atom. The maximum atomic E-state index is 6.24. The highest BCUT2D eigenvalue weighted by atomic mass is 32.1. The second-order valence-corrected chi connectivity index (χ2v) is 7.85. The number of hydrogen-bond donors (Lipinski definition) is 1. The topological polar surface area (TPSA) is 89.2 Å². The van der Waals surface area contributed by atoms with Gasteiger partial charge in [-0.15, -0.1) is 11.3 Å². The number of fused-ring (bicyclic) bond motifs is 3. The molecule has 3 fully saturated rings. The van der Waals surface area contributed by atoms with Crippen molar-refractivity contribution in [1.82, 2.24) is 25.3 Å². The lowest BCUT2D eigenvalue weighted by molar-refractivity contribution is 0.220. The highest BCUT2D eigenvalue weighted by molar-refractivity contribution is 7.13. The quantitative estimate of drug-likeness (QED) is 0.567. The normalized spacial score (nSPS) is 20.9. The predicted octanol–water partition coefficient (Wildman–Crippen LogP) is 3.08. The van der Waals surface area contributed by atoms with E-state index in [0.717, 1.165) is 23.7 Å². The van der Waals surface area contributed by atoms with Gasteiger partial charge in [-0.3, -0.25) is 0 Å². The average Bonchev–Trinajstić information content (AvgIpc) is 3.39. The zero-order chi connectivity index (χ0) is 18.5. The molecule has 2 unspecified atom stereocenters. The molecule has 8 nitrogen and oxygen atoms in total. The summed E-state index contributed by atoms with van der Waals surface area (Å²) in [7, 11) is 0. The minimum atomic E-state index is 0.277. The van der Waals surface area contributed by atoms with Crippen LogP contribution in [0.4, 0.5) is 6.01 Å². The van der Waals surface area contributed by atoms with Gasteiger partial charge in [0.25, 0.3) is 6.01 Å². The summed E-state index contributed by atoms with van der Waals surface area (Å²) >= 11 is 1.56. The van der Waals surface area contributed by atoms with Gasteiger partial charge in [-0.2, -0.15) is 4.98 Å². The number of rotatable bonds is 4. The van der Waals surface area contributed by atoms with Crippen LogP contribution in [0.25, 0.3) is 21.7 Å². The van der Waals surface area contributed by atoms with E-state index >= 15 is 0 Å². The Morgan fingerprint density at radius 2 is 1.93 bits per heavy atom. The monoisotopic (exact) mass is 392 g/mol. The number of nitrogens with one attached hydrogen (secondary N) is 1. The van der Waals surface area contributed by atoms with Crippen LogP contribution in [-0.4, -0.2) is 45.1 Å². The molecule has 7 rings (SSSR count). The Bertz CT molecular complexity index is 1110. The van der Waals surface area contributed by atoms with Crippen molar-refractivity contribution in [3.8, 4) is 22.3 Å². The van der Waals surface area contributed by atoms with Crippen molar-refractivity contribution < 1.29 is 9.15 Å². The number of benzene rings is 1. The number of aromatic nitrogens is 4. The summed E-state index contributed by atoms with van der Waals surface area (Å²) in [6.45, 7) is 1.79. The van der Waals surface area contributed by atoms with Crippen LogP contribution in [0.1, 0.15) is 6.42 Å². The van der Waals surface area contributed by atoms with Gasteiger partial charge in [-0.1, -0.05) is 0 Å². The molecule has 28 heavy (non-hydrogen) atoms. The molecule has 1 aromatic carbocycles. The van der Waals surface area contributed by atoms with Crippen molar-refractivity contribution in [2.75, 3.05) is 18.0 Å². The van der Waals surface area contributed by atoms with E-state index in [1.54, 1.807) is 36.0 Å². The van der Waals surface area contributed by atoms with E-state index in [0.29, 0.717) is 34.9 Å². The molecular weight excluding hydrogens is 376 g/mol. The molecular formula is C19H16N6O2S. The molecule has 0 radical (unpaired) electrons. The average molecular weight is 392 g/mol. The van der Waals surface area contributed by atoms with E-state index in [1.165, 1.54) is 6.42 Å². The van der Waals surface area contributed by atoms with E-state index in [1.807, 2.05) is 17.5 Å².